The number of nitro groups is 1. The standard InChI is InChI=1S/C16H16N2O4S/c1-11(19)12-4-5-13(14(9-12)18(20)21)17-6-7-22-15(10-17)16-3-2-8-23-16/h2-5,8-9,15H,6-7,10H2,1H3. The first-order valence-corrected chi connectivity index (χ1v) is 8.13. The summed E-state index contributed by atoms with van der Waals surface area (Å²) in [5.41, 5.74) is 0.845. The highest BCUT2D eigenvalue weighted by Gasteiger charge is 2.27. The van der Waals surface area contributed by atoms with Gasteiger partial charge in [0.25, 0.3) is 5.69 Å². The van der Waals surface area contributed by atoms with Gasteiger partial charge in [0.2, 0.25) is 0 Å². The highest BCUT2D eigenvalue weighted by molar-refractivity contribution is 7.10. The number of rotatable bonds is 4. The summed E-state index contributed by atoms with van der Waals surface area (Å²) in [6, 6.07) is 8.62. The Kier molecular flexibility index (Phi) is 4.40. The molecule has 0 radical (unpaired) electrons. The van der Waals surface area contributed by atoms with E-state index >= 15 is 0 Å². The van der Waals surface area contributed by atoms with Crippen molar-refractivity contribution in [2.45, 2.75) is 13.0 Å². The number of hydrogen-bond acceptors (Lipinski definition) is 6. The zero-order valence-corrected chi connectivity index (χ0v) is 13.4. The van der Waals surface area contributed by atoms with E-state index in [-0.39, 0.29) is 17.6 Å². The molecule has 1 atom stereocenters. The maximum Gasteiger partial charge on any atom is 0.293 e. The highest BCUT2D eigenvalue weighted by atomic mass is 32.1. The van der Waals surface area contributed by atoms with E-state index in [0.717, 1.165) is 4.88 Å². The van der Waals surface area contributed by atoms with E-state index in [4.69, 9.17) is 4.74 Å². The second kappa shape index (κ2) is 6.47. The normalized spacial score (nSPS) is 18.0. The molecule has 1 aliphatic heterocycles. The van der Waals surface area contributed by atoms with E-state index < -0.39 is 4.92 Å². The van der Waals surface area contributed by atoms with E-state index in [9.17, 15) is 14.9 Å². The van der Waals surface area contributed by atoms with Crippen molar-refractivity contribution in [1.29, 1.82) is 0 Å². The number of carbonyl (C=O) groups excluding carboxylic acids is 1. The SMILES string of the molecule is CC(=O)c1ccc(N2CCOC(c3cccs3)C2)c([N+](=O)[O-])c1. The molecule has 23 heavy (non-hydrogen) atoms. The van der Waals surface area contributed by atoms with Crippen LogP contribution in [0.15, 0.2) is 35.7 Å². The van der Waals surface area contributed by atoms with Gasteiger partial charge in [-0.25, -0.2) is 0 Å². The molecule has 0 spiro atoms. The fourth-order valence-corrected chi connectivity index (χ4v) is 3.44. The van der Waals surface area contributed by atoms with E-state index in [0.29, 0.717) is 30.9 Å². The van der Waals surface area contributed by atoms with Crippen LogP contribution in [0, 0.1) is 10.1 Å². The van der Waals surface area contributed by atoms with Gasteiger partial charge in [-0.1, -0.05) is 6.07 Å². The molecule has 6 nitrogen and oxygen atoms in total. The molecule has 0 N–H and O–H groups in total. The number of anilines is 1. The van der Waals surface area contributed by atoms with Crippen molar-refractivity contribution in [2.75, 3.05) is 24.6 Å². The van der Waals surface area contributed by atoms with Gasteiger partial charge in [0.1, 0.15) is 11.8 Å². The first kappa shape index (κ1) is 15.6. The molecule has 2 heterocycles. The molecule has 3 rings (SSSR count). The maximum absolute atomic E-state index is 11.5. The molecule has 0 aliphatic carbocycles. The Hall–Kier alpha value is -2.25. The van der Waals surface area contributed by atoms with E-state index in [1.807, 2.05) is 22.4 Å². The third-order valence-corrected chi connectivity index (χ3v) is 4.81. The average Bonchev–Trinajstić information content (AvgIpc) is 3.09. The van der Waals surface area contributed by atoms with Crippen molar-refractivity contribution in [1.82, 2.24) is 0 Å². The van der Waals surface area contributed by atoms with Crippen molar-refractivity contribution >= 4 is 28.5 Å². The van der Waals surface area contributed by atoms with Crippen LogP contribution in [-0.4, -0.2) is 30.4 Å². The van der Waals surface area contributed by atoms with Gasteiger partial charge in [-0.05, 0) is 30.5 Å². The summed E-state index contributed by atoms with van der Waals surface area (Å²) in [4.78, 5) is 25.5. The lowest BCUT2D eigenvalue weighted by Gasteiger charge is -2.33. The maximum atomic E-state index is 11.5. The largest absolute Gasteiger partial charge is 0.369 e. The number of nitro benzene ring substituents is 1. The van der Waals surface area contributed by atoms with Crippen molar-refractivity contribution in [2.24, 2.45) is 0 Å². The zero-order valence-electron chi connectivity index (χ0n) is 12.6. The van der Waals surface area contributed by atoms with Crippen LogP contribution in [0.5, 0.6) is 0 Å². The lowest BCUT2D eigenvalue weighted by Crippen LogP contribution is -2.38. The zero-order chi connectivity index (χ0) is 16.4. The Balaban J connectivity index is 1.91. The summed E-state index contributed by atoms with van der Waals surface area (Å²) in [6.45, 7) is 3.05. The van der Waals surface area contributed by atoms with Crippen LogP contribution in [-0.2, 0) is 4.74 Å². The summed E-state index contributed by atoms with van der Waals surface area (Å²) in [5, 5.41) is 13.4. The summed E-state index contributed by atoms with van der Waals surface area (Å²) >= 11 is 1.61. The smallest absolute Gasteiger partial charge is 0.293 e. The van der Waals surface area contributed by atoms with Gasteiger partial charge >= 0.3 is 0 Å². The molecule has 0 amide bonds. The predicted molar refractivity (Wildman–Crippen MR) is 88.3 cm³/mol. The summed E-state index contributed by atoms with van der Waals surface area (Å²) < 4.78 is 5.78. The summed E-state index contributed by atoms with van der Waals surface area (Å²) in [7, 11) is 0. The minimum atomic E-state index is -0.433. The molecule has 0 saturated carbocycles. The monoisotopic (exact) mass is 332 g/mol. The van der Waals surface area contributed by atoms with Gasteiger partial charge in [0.15, 0.2) is 5.78 Å². The number of nitrogens with zero attached hydrogens (tertiary/aromatic N) is 2. The lowest BCUT2D eigenvalue weighted by molar-refractivity contribution is -0.384. The first-order chi connectivity index (χ1) is 11.1. The third-order valence-electron chi connectivity index (χ3n) is 3.85. The van der Waals surface area contributed by atoms with Crippen molar-refractivity contribution in [3.63, 3.8) is 0 Å². The van der Waals surface area contributed by atoms with E-state index in [1.54, 1.807) is 23.5 Å². The molecular formula is C16H16N2O4S. The molecule has 1 unspecified atom stereocenters. The molecular weight excluding hydrogens is 316 g/mol. The second-order valence-corrected chi connectivity index (χ2v) is 6.32. The van der Waals surface area contributed by atoms with Crippen LogP contribution in [0.1, 0.15) is 28.3 Å². The van der Waals surface area contributed by atoms with Crippen LogP contribution in [0.2, 0.25) is 0 Å². The second-order valence-electron chi connectivity index (χ2n) is 5.34. The quantitative estimate of drug-likeness (QED) is 0.487. The van der Waals surface area contributed by atoms with Crippen molar-refractivity contribution < 1.29 is 14.5 Å². The van der Waals surface area contributed by atoms with Crippen LogP contribution < -0.4 is 4.90 Å². The van der Waals surface area contributed by atoms with Gasteiger partial charge < -0.3 is 9.64 Å². The number of benzene rings is 1. The van der Waals surface area contributed by atoms with Gasteiger partial charge in [-0.15, -0.1) is 11.3 Å². The number of morpholine rings is 1. The van der Waals surface area contributed by atoms with Gasteiger partial charge in [-0.3, -0.25) is 14.9 Å². The Morgan fingerprint density at radius 2 is 2.26 bits per heavy atom. The number of thiophene rings is 1. The minimum Gasteiger partial charge on any atom is -0.369 e. The highest BCUT2D eigenvalue weighted by Crippen LogP contribution is 2.34. The van der Waals surface area contributed by atoms with Crippen molar-refractivity contribution in [3.05, 3.63) is 56.3 Å². The molecule has 1 aromatic heterocycles. The van der Waals surface area contributed by atoms with E-state index in [2.05, 4.69) is 0 Å². The lowest BCUT2D eigenvalue weighted by atomic mass is 10.1. The molecule has 1 aromatic carbocycles. The number of ketones is 1. The first-order valence-electron chi connectivity index (χ1n) is 7.25. The number of Topliss-reactive ketones (excluding diaryl/α,β-unsaturated/α-hetero) is 1. The molecule has 1 saturated heterocycles. The van der Waals surface area contributed by atoms with Crippen LogP contribution >= 0.6 is 11.3 Å². The molecule has 120 valence electrons. The van der Waals surface area contributed by atoms with Gasteiger partial charge in [0.05, 0.1) is 11.5 Å². The van der Waals surface area contributed by atoms with Gasteiger partial charge in [-0.2, -0.15) is 0 Å². The van der Waals surface area contributed by atoms with Crippen molar-refractivity contribution in [3.8, 4) is 0 Å². The summed E-state index contributed by atoms with van der Waals surface area (Å²) in [5.74, 6) is -0.182. The molecule has 1 fully saturated rings. The molecule has 1 aliphatic rings. The number of hydrogen-bond donors (Lipinski definition) is 0. The van der Waals surface area contributed by atoms with E-state index in [1.165, 1.54) is 13.0 Å². The Morgan fingerprint density at radius 1 is 1.43 bits per heavy atom. The Morgan fingerprint density at radius 3 is 2.91 bits per heavy atom. The number of ether oxygens (including phenoxy) is 1. The van der Waals surface area contributed by atoms with Crippen LogP contribution in [0.25, 0.3) is 0 Å². The molecule has 2 aromatic rings. The predicted octanol–water partition coefficient (Wildman–Crippen LogP) is 3.44. The summed E-state index contributed by atoms with van der Waals surface area (Å²) in [6.07, 6.45) is -0.0872. The Labute approximate surface area is 137 Å². The molecule has 7 heteroatoms. The van der Waals surface area contributed by atoms with Gasteiger partial charge in [0, 0.05) is 29.6 Å². The molecule has 0 bridgehead atoms. The third kappa shape index (κ3) is 3.25. The van der Waals surface area contributed by atoms with Crippen LogP contribution in [0.3, 0.4) is 0 Å². The fourth-order valence-electron chi connectivity index (χ4n) is 2.67. The Bertz CT molecular complexity index is 730. The average molecular weight is 332 g/mol. The topological polar surface area (TPSA) is 72.7 Å². The number of carbonyl (C=O) groups is 1. The fraction of sp³-hybridized carbons (Fsp3) is 0.312. The van der Waals surface area contributed by atoms with Crippen LogP contribution in [0.4, 0.5) is 11.4 Å². The minimum absolute atomic E-state index is 0.0375.